The van der Waals surface area contributed by atoms with E-state index in [-0.39, 0.29) is 5.56 Å². The fraction of sp³-hybridized carbons (Fsp3) is 0.200. The average molecular weight is 240 g/mol. The van der Waals surface area contributed by atoms with Crippen molar-refractivity contribution < 1.29 is 14.4 Å². The van der Waals surface area contributed by atoms with Crippen molar-refractivity contribution in [3.8, 4) is 0 Å². The zero-order valence-corrected chi connectivity index (χ0v) is 8.88. The molecule has 0 aromatic carbocycles. The van der Waals surface area contributed by atoms with Crippen LogP contribution in [0.15, 0.2) is 15.8 Å². The van der Waals surface area contributed by atoms with Gasteiger partial charge in [0.05, 0.1) is 0 Å². The first-order chi connectivity index (χ1) is 6.20. The molecule has 0 aliphatic rings. The number of rotatable bonds is 0. The molecule has 80 valence electrons. The molecular formula is C5H9N2O5PS. The molecule has 1 aromatic rings. The van der Waals surface area contributed by atoms with Crippen molar-refractivity contribution in [3.05, 3.63) is 32.6 Å². The predicted molar refractivity (Wildman–Crippen MR) is 53.5 cm³/mol. The molecule has 1 rings (SSSR count). The van der Waals surface area contributed by atoms with Gasteiger partial charge in [-0.2, -0.15) is 0 Å². The Balaban J connectivity index is 0.000000292. The summed E-state index contributed by atoms with van der Waals surface area (Å²) in [5.74, 6) is 0. The summed E-state index contributed by atoms with van der Waals surface area (Å²) in [5.41, 5.74) is -0.293. The Labute approximate surface area is 83.5 Å². The van der Waals surface area contributed by atoms with Gasteiger partial charge in [-0.3, -0.25) is 9.78 Å². The fourth-order valence-corrected chi connectivity index (χ4v) is 0.477. The van der Waals surface area contributed by atoms with E-state index in [0.717, 1.165) is 0 Å². The van der Waals surface area contributed by atoms with Crippen LogP contribution in [0.5, 0.6) is 0 Å². The SMILES string of the molecule is Cc1c[nH]c(=O)[nH]c1=O.O=P(O)(O)S. The Morgan fingerprint density at radius 1 is 1.43 bits per heavy atom. The van der Waals surface area contributed by atoms with Crippen molar-refractivity contribution in [2.24, 2.45) is 0 Å². The van der Waals surface area contributed by atoms with Crippen LogP contribution in [0.25, 0.3) is 0 Å². The van der Waals surface area contributed by atoms with Gasteiger partial charge in [0, 0.05) is 11.8 Å². The zero-order chi connectivity index (χ0) is 11.4. The molecule has 0 atom stereocenters. The minimum absolute atomic E-state index is 0.334. The molecule has 0 radical (unpaired) electrons. The smallest absolute Gasteiger partial charge is 0.317 e. The molecule has 1 heterocycles. The Hall–Kier alpha value is -0.820. The lowest BCUT2D eigenvalue weighted by Crippen LogP contribution is -2.22. The van der Waals surface area contributed by atoms with E-state index in [2.05, 4.69) is 22.2 Å². The van der Waals surface area contributed by atoms with E-state index in [1.807, 2.05) is 0 Å². The summed E-state index contributed by atoms with van der Waals surface area (Å²) in [5, 5.41) is 0. The third-order valence-electron chi connectivity index (χ3n) is 1.00. The number of aromatic nitrogens is 2. The van der Waals surface area contributed by atoms with Crippen molar-refractivity contribution in [3.63, 3.8) is 0 Å². The van der Waals surface area contributed by atoms with Gasteiger partial charge in [0.15, 0.2) is 0 Å². The predicted octanol–water partition coefficient (Wildman–Crippen LogP) is -0.619. The summed E-state index contributed by atoms with van der Waals surface area (Å²) in [6, 6.07) is 0. The molecular weight excluding hydrogens is 231 g/mol. The van der Waals surface area contributed by atoms with Crippen molar-refractivity contribution in [1.29, 1.82) is 0 Å². The van der Waals surface area contributed by atoms with Crippen LogP contribution in [-0.2, 0) is 4.57 Å². The van der Waals surface area contributed by atoms with Crippen molar-refractivity contribution in [2.75, 3.05) is 0 Å². The summed E-state index contributed by atoms with van der Waals surface area (Å²) >= 11 is 2.79. The molecule has 1 aromatic heterocycles. The monoisotopic (exact) mass is 240 g/mol. The van der Waals surface area contributed by atoms with Gasteiger partial charge in [0.2, 0.25) is 0 Å². The molecule has 7 nitrogen and oxygen atoms in total. The lowest BCUT2D eigenvalue weighted by molar-refractivity contribution is 0.397. The van der Waals surface area contributed by atoms with Gasteiger partial charge in [0.1, 0.15) is 0 Å². The Bertz CT molecular complexity index is 438. The number of hydrogen-bond donors (Lipinski definition) is 5. The summed E-state index contributed by atoms with van der Waals surface area (Å²) < 4.78 is 9.19. The minimum Gasteiger partial charge on any atom is -0.317 e. The van der Waals surface area contributed by atoms with Gasteiger partial charge in [-0.1, -0.05) is 12.2 Å². The first-order valence-electron chi connectivity index (χ1n) is 3.27. The van der Waals surface area contributed by atoms with Crippen LogP contribution in [0.1, 0.15) is 5.56 Å². The van der Waals surface area contributed by atoms with Crippen LogP contribution in [0.3, 0.4) is 0 Å². The Morgan fingerprint density at radius 3 is 2.14 bits per heavy atom. The van der Waals surface area contributed by atoms with Crippen LogP contribution >= 0.6 is 19.0 Å². The van der Waals surface area contributed by atoms with E-state index in [0.29, 0.717) is 5.56 Å². The zero-order valence-electron chi connectivity index (χ0n) is 7.09. The molecule has 9 heteroatoms. The third-order valence-corrected chi connectivity index (χ3v) is 1.00. The first kappa shape index (κ1) is 13.2. The lowest BCUT2D eigenvalue weighted by atomic mass is 10.4. The minimum atomic E-state index is -3.94. The number of hydrogen-bond acceptors (Lipinski definition) is 3. The molecule has 0 saturated heterocycles. The normalized spacial score (nSPS) is 10.3. The molecule has 0 bridgehead atoms. The van der Waals surface area contributed by atoms with Gasteiger partial charge >= 0.3 is 12.5 Å². The van der Waals surface area contributed by atoms with E-state index >= 15 is 0 Å². The Kier molecular flexibility index (Phi) is 4.86. The highest BCUT2D eigenvalue weighted by Gasteiger charge is 1.97. The second kappa shape index (κ2) is 5.16. The molecule has 0 fully saturated rings. The number of nitrogens with one attached hydrogen (secondary N) is 2. The van der Waals surface area contributed by atoms with Crippen LogP contribution in [0.2, 0.25) is 0 Å². The van der Waals surface area contributed by atoms with E-state index in [1.54, 1.807) is 6.92 Å². The van der Waals surface area contributed by atoms with Crippen LogP contribution in [0.4, 0.5) is 0 Å². The average Bonchev–Trinajstić information content (AvgIpc) is 1.94. The van der Waals surface area contributed by atoms with E-state index in [4.69, 9.17) is 9.79 Å². The number of thiol groups is 1. The molecule has 0 aliphatic carbocycles. The van der Waals surface area contributed by atoms with Crippen molar-refractivity contribution in [1.82, 2.24) is 9.97 Å². The van der Waals surface area contributed by atoms with E-state index < -0.39 is 12.5 Å². The number of aryl methyl sites for hydroxylation is 1. The van der Waals surface area contributed by atoms with Gasteiger partial charge < -0.3 is 14.8 Å². The van der Waals surface area contributed by atoms with Crippen molar-refractivity contribution >= 4 is 19.0 Å². The summed E-state index contributed by atoms with van der Waals surface area (Å²) in [6.07, 6.45) is 1.38. The molecule has 0 spiro atoms. The summed E-state index contributed by atoms with van der Waals surface area (Å²) in [4.78, 5) is 40.3. The third kappa shape index (κ3) is 7.81. The maximum Gasteiger partial charge on any atom is 0.380 e. The van der Waals surface area contributed by atoms with E-state index in [9.17, 15) is 14.2 Å². The lowest BCUT2D eigenvalue weighted by Gasteiger charge is -1.84. The summed E-state index contributed by atoms with van der Waals surface area (Å²) in [7, 11) is 0. The van der Waals surface area contributed by atoms with Crippen LogP contribution < -0.4 is 11.2 Å². The van der Waals surface area contributed by atoms with E-state index in [1.165, 1.54) is 6.20 Å². The highest BCUT2D eigenvalue weighted by molar-refractivity contribution is 8.43. The highest BCUT2D eigenvalue weighted by Crippen LogP contribution is 2.39. The molecule has 14 heavy (non-hydrogen) atoms. The quantitative estimate of drug-likeness (QED) is 0.305. The molecule has 0 aliphatic heterocycles. The second-order valence-corrected chi connectivity index (χ2v) is 4.86. The Morgan fingerprint density at radius 2 is 1.86 bits per heavy atom. The molecule has 0 unspecified atom stereocenters. The topological polar surface area (TPSA) is 123 Å². The number of aromatic amines is 2. The first-order valence-corrected chi connectivity index (χ1v) is 6.03. The van der Waals surface area contributed by atoms with Gasteiger partial charge in [-0.05, 0) is 6.92 Å². The van der Waals surface area contributed by atoms with Gasteiger partial charge in [-0.25, -0.2) is 9.36 Å². The summed E-state index contributed by atoms with van der Waals surface area (Å²) in [6.45, 7) is -2.32. The second-order valence-electron chi connectivity index (χ2n) is 2.27. The van der Waals surface area contributed by atoms with Gasteiger partial charge in [0.25, 0.3) is 5.56 Å². The van der Waals surface area contributed by atoms with Crippen molar-refractivity contribution in [2.45, 2.75) is 6.92 Å². The molecule has 4 N–H and O–H groups in total. The van der Waals surface area contributed by atoms with Crippen LogP contribution in [0, 0.1) is 6.92 Å². The maximum absolute atomic E-state index is 10.6. The molecule has 0 amide bonds. The largest absolute Gasteiger partial charge is 0.380 e. The number of H-pyrrole nitrogens is 2. The fourth-order valence-electron chi connectivity index (χ4n) is 0.477. The molecule has 0 saturated carbocycles. The standard InChI is InChI=1S/C5H6N2O2.H3O3PS/c1-3-2-6-5(9)7-4(3)8;1-4(2,3)5/h2H,1H3,(H2,6,7,8,9);(H3,1,2,3,5). The van der Waals surface area contributed by atoms with Crippen LogP contribution in [-0.4, -0.2) is 19.8 Å². The maximum atomic E-state index is 10.6. The van der Waals surface area contributed by atoms with Gasteiger partial charge in [-0.15, -0.1) is 0 Å². The highest BCUT2D eigenvalue weighted by atomic mass is 32.7.